The average molecular weight is 238 g/mol. The monoisotopic (exact) mass is 238 g/mol. The van der Waals surface area contributed by atoms with Gasteiger partial charge in [-0.15, -0.1) is 5.10 Å². The number of nitrogens with zero attached hydrogens (tertiary/aromatic N) is 3. The van der Waals surface area contributed by atoms with Crippen molar-refractivity contribution in [1.82, 2.24) is 15.5 Å². The van der Waals surface area contributed by atoms with Gasteiger partial charge >= 0.3 is 6.01 Å². The van der Waals surface area contributed by atoms with E-state index in [-0.39, 0.29) is 0 Å². The molecule has 0 aromatic carbocycles. The van der Waals surface area contributed by atoms with E-state index in [4.69, 9.17) is 4.42 Å². The largest absolute Gasteiger partial charge is 0.407 e. The van der Waals surface area contributed by atoms with Crippen LogP contribution in [0.1, 0.15) is 11.5 Å². The third-order valence-corrected chi connectivity index (χ3v) is 2.84. The van der Waals surface area contributed by atoms with Gasteiger partial charge in [-0.1, -0.05) is 5.10 Å². The first kappa shape index (κ1) is 11.1. The lowest BCUT2D eigenvalue weighted by molar-refractivity contribution is 0.475. The van der Waals surface area contributed by atoms with E-state index in [2.05, 4.69) is 32.3 Å². The van der Waals surface area contributed by atoms with Crippen LogP contribution in [0, 0.1) is 0 Å². The lowest BCUT2D eigenvalue weighted by Gasteiger charge is -2.12. The average Bonchev–Trinajstić information content (AvgIpc) is 2.89. The quantitative estimate of drug-likeness (QED) is 0.855. The first-order chi connectivity index (χ1) is 7.79. The smallest absolute Gasteiger partial charge is 0.318 e. The molecule has 0 atom stereocenters. The van der Waals surface area contributed by atoms with Gasteiger partial charge in [0.2, 0.25) is 5.89 Å². The number of aromatic nitrogens is 2. The van der Waals surface area contributed by atoms with Gasteiger partial charge in [-0.3, -0.25) is 0 Å². The summed E-state index contributed by atoms with van der Waals surface area (Å²) >= 11 is 1.69. The summed E-state index contributed by atoms with van der Waals surface area (Å²) in [4.78, 5) is 1.94. The zero-order chi connectivity index (χ0) is 11.4. The van der Waals surface area contributed by atoms with Crippen LogP contribution in [0.2, 0.25) is 0 Å². The van der Waals surface area contributed by atoms with Crippen LogP contribution in [0.4, 0.5) is 6.01 Å². The Morgan fingerprint density at radius 2 is 2.38 bits per heavy atom. The van der Waals surface area contributed by atoms with Crippen molar-refractivity contribution in [2.24, 2.45) is 0 Å². The summed E-state index contributed by atoms with van der Waals surface area (Å²) in [6, 6.07) is 2.64. The minimum Gasteiger partial charge on any atom is -0.407 e. The van der Waals surface area contributed by atoms with Crippen LogP contribution in [0.25, 0.3) is 0 Å². The molecule has 5 nitrogen and oxygen atoms in total. The summed E-state index contributed by atoms with van der Waals surface area (Å²) in [7, 11) is 3.78. The molecule has 1 N–H and O–H groups in total. The van der Waals surface area contributed by atoms with E-state index in [1.54, 1.807) is 11.3 Å². The van der Waals surface area contributed by atoms with Crippen molar-refractivity contribution in [2.45, 2.75) is 13.1 Å². The highest BCUT2D eigenvalue weighted by molar-refractivity contribution is 7.07. The van der Waals surface area contributed by atoms with Crippen LogP contribution in [0.3, 0.4) is 0 Å². The molecular weight excluding hydrogens is 224 g/mol. The molecule has 0 aliphatic carbocycles. The van der Waals surface area contributed by atoms with Gasteiger partial charge in [-0.05, 0) is 29.4 Å². The summed E-state index contributed by atoms with van der Waals surface area (Å²) in [5.74, 6) is 0.606. The minimum absolute atomic E-state index is 0.552. The molecule has 2 aromatic rings. The third kappa shape index (κ3) is 2.59. The van der Waals surface area contributed by atoms with Crippen LogP contribution < -0.4 is 10.2 Å². The number of rotatable bonds is 5. The fraction of sp³-hybridized carbons (Fsp3) is 0.400. The van der Waals surface area contributed by atoms with Gasteiger partial charge in [0, 0.05) is 13.6 Å². The molecule has 16 heavy (non-hydrogen) atoms. The van der Waals surface area contributed by atoms with Crippen molar-refractivity contribution in [1.29, 1.82) is 0 Å². The molecule has 2 heterocycles. The molecule has 0 saturated carbocycles. The van der Waals surface area contributed by atoms with Gasteiger partial charge in [-0.25, -0.2) is 0 Å². The third-order valence-electron chi connectivity index (χ3n) is 2.11. The maximum absolute atomic E-state index is 5.48. The fourth-order valence-corrected chi connectivity index (χ4v) is 2.01. The van der Waals surface area contributed by atoms with Gasteiger partial charge in [0.05, 0.1) is 6.54 Å². The van der Waals surface area contributed by atoms with Gasteiger partial charge in [0.15, 0.2) is 0 Å². The highest BCUT2D eigenvalue weighted by Gasteiger charge is 2.10. The van der Waals surface area contributed by atoms with E-state index < -0.39 is 0 Å². The molecule has 0 aliphatic heterocycles. The van der Waals surface area contributed by atoms with E-state index in [9.17, 15) is 0 Å². The van der Waals surface area contributed by atoms with E-state index in [1.807, 2.05) is 19.0 Å². The first-order valence-corrected chi connectivity index (χ1v) is 5.93. The maximum Gasteiger partial charge on any atom is 0.318 e. The zero-order valence-corrected chi connectivity index (χ0v) is 10.1. The second-order valence-electron chi connectivity index (χ2n) is 3.50. The lowest BCUT2D eigenvalue weighted by atomic mass is 10.3. The number of nitrogens with one attached hydrogen (secondary N) is 1. The number of anilines is 1. The summed E-state index contributed by atoms with van der Waals surface area (Å²) in [6.07, 6.45) is 0. The van der Waals surface area contributed by atoms with Crippen molar-refractivity contribution in [3.05, 3.63) is 28.3 Å². The van der Waals surface area contributed by atoms with Crippen molar-refractivity contribution in [2.75, 3.05) is 19.0 Å². The Bertz CT molecular complexity index is 426. The van der Waals surface area contributed by atoms with E-state index in [1.165, 1.54) is 5.56 Å². The van der Waals surface area contributed by atoms with Crippen molar-refractivity contribution >= 4 is 17.4 Å². The Labute approximate surface area is 98.1 Å². The lowest BCUT2D eigenvalue weighted by Crippen LogP contribution is -2.16. The number of thiophene rings is 1. The Morgan fingerprint density at radius 3 is 3.06 bits per heavy atom. The van der Waals surface area contributed by atoms with E-state index in [0.29, 0.717) is 18.5 Å². The molecule has 6 heteroatoms. The molecule has 0 aliphatic rings. The van der Waals surface area contributed by atoms with Crippen LogP contribution in [0.15, 0.2) is 21.2 Å². The Balaban J connectivity index is 2.00. The molecular formula is C10H14N4OS. The van der Waals surface area contributed by atoms with Crippen LogP contribution >= 0.6 is 11.3 Å². The standard InChI is InChI=1S/C10H14N4OS/c1-11-5-9-12-13-10(15-9)14(2)6-8-3-4-16-7-8/h3-4,7,11H,5-6H2,1-2H3. The molecule has 0 amide bonds. The second kappa shape index (κ2) is 5.09. The van der Waals surface area contributed by atoms with E-state index in [0.717, 1.165) is 6.54 Å². The molecule has 2 aromatic heterocycles. The molecule has 0 fully saturated rings. The normalized spacial score (nSPS) is 10.6. The van der Waals surface area contributed by atoms with Crippen LogP contribution in [-0.4, -0.2) is 24.3 Å². The molecule has 0 saturated heterocycles. The predicted octanol–water partition coefficient (Wildman–Crippen LogP) is 1.49. The molecule has 0 radical (unpaired) electrons. The van der Waals surface area contributed by atoms with Crippen LogP contribution in [-0.2, 0) is 13.1 Å². The first-order valence-electron chi connectivity index (χ1n) is 4.99. The van der Waals surface area contributed by atoms with E-state index >= 15 is 0 Å². The molecule has 0 unspecified atom stereocenters. The topological polar surface area (TPSA) is 54.2 Å². The maximum atomic E-state index is 5.48. The highest BCUT2D eigenvalue weighted by Crippen LogP contribution is 2.15. The van der Waals surface area contributed by atoms with Gasteiger partial charge in [0.25, 0.3) is 0 Å². The Kier molecular flexibility index (Phi) is 3.53. The second-order valence-corrected chi connectivity index (χ2v) is 4.28. The molecule has 86 valence electrons. The van der Waals surface area contributed by atoms with Gasteiger partial charge in [-0.2, -0.15) is 11.3 Å². The highest BCUT2D eigenvalue weighted by atomic mass is 32.1. The van der Waals surface area contributed by atoms with Crippen LogP contribution in [0.5, 0.6) is 0 Å². The summed E-state index contributed by atoms with van der Waals surface area (Å²) in [5, 5.41) is 15.1. The number of hydrogen-bond donors (Lipinski definition) is 1. The van der Waals surface area contributed by atoms with Gasteiger partial charge in [0.1, 0.15) is 0 Å². The molecule has 0 bridgehead atoms. The Hall–Kier alpha value is -1.40. The van der Waals surface area contributed by atoms with Crippen molar-refractivity contribution in [3.63, 3.8) is 0 Å². The fourth-order valence-electron chi connectivity index (χ4n) is 1.35. The summed E-state index contributed by atoms with van der Waals surface area (Å²) in [6.45, 7) is 1.38. The summed E-state index contributed by atoms with van der Waals surface area (Å²) in [5.41, 5.74) is 1.25. The van der Waals surface area contributed by atoms with Crippen molar-refractivity contribution in [3.8, 4) is 0 Å². The molecule has 0 spiro atoms. The Morgan fingerprint density at radius 1 is 1.50 bits per heavy atom. The molecule has 2 rings (SSSR count). The van der Waals surface area contributed by atoms with Crippen molar-refractivity contribution < 1.29 is 4.42 Å². The SMILES string of the molecule is CNCc1nnc(N(C)Cc2ccsc2)o1. The summed E-state index contributed by atoms with van der Waals surface area (Å²) < 4.78 is 5.48. The van der Waals surface area contributed by atoms with Gasteiger partial charge < -0.3 is 14.6 Å². The zero-order valence-electron chi connectivity index (χ0n) is 9.30. The predicted molar refractivity (Wildman–Crippen MR) is 63.5 cm³/mol. The number of hydrogen-bond acceptors (Lipinski definition) is 6. The minimum atomic E-state index is 0.552.